The van der Waals surface area contributed by atoms with Gasteiger partial charge in [-0.3, -0.25) is 0 Å². The molecular weight excluding hydrogens is 352 g/mol. The average Bonchev–Trinajstić information content (AvgIpc) is 2.67. The average molecular weight is 384 g/mol. The van der Waals surface area contributed by atoms with E-state index in [2.05, 4.69) is 10.0 Å². The molecule has 0 saturated heterocycles. The number of nitrogens with zero attached hydrogens (tertiary/aromatic N) is 3. The zero-order valence-electron chi connectivity index (χ0n) is 15.0. The lowest BCUT2D eigenvalue weighted by molar-refractivity contribution is -0.0288. The minimum atomic E-state index is -0.371. The van der Waals surface area contributed by atoms with Crippen molar-refractivity contribution in [2.24, 2.45) is 10.8 Å². The molecule has 0 amide bonds. The second kappa shape index (κ2) is 23.9. The van der Waals surface area contributed by atoms with Crippen LogP contribution < -0.4 is 5.73 Å². The fourth-order valence-corrected chi connectivity index (χ4v) is 1.46. The Balaban J connectivity index is 0. The van der Waals surface area contributed by atoms with Crippen LogP contribution in [0.2, 0.25) is 0 Å². The highest BCUT2D eigenvalue weighted by atomic mass is 16.5. The monoisotopic (exact) mass is 384 g/mol. The summed E-state index contributed by atoms with van der Waals surface area (Å²) in [7, 11) is 0. The highest BCUT2D eigenvalue weighted by Gasteiger charge is 2.07. The van der Waals surface area contributed by atoms with Crippen molar-refractivity contribution in [1.82, 2.24) is 0 Å². The first kappa shape index (κ1) is 27.2. The summed E-state index contributed by atoms with van der Waals surface area (Å²) >= 11 is 0. The Labute approximate surface area is 153 Å². The lowest BCUT2D eigenvalue weighted by Gasteiger charge is -2.14. The SMILES string of the molecule is NCC(COCCO)OCCO.[N-]=[N+]=NCC(COCCO)OCCO. The Morgan fingerprint density at radius 1 is 0.808 bits per heavy atom. The second-order valence-electron chi connectivity index (χ2n) is 4.68. The lowest BCUT2D eigenvalue weighted by Crippen LogP contribution is -2.30. The molecule has 0 aliphatic heterocycles. The number of aliphatic hydroxyl groups excluding tert-OH is 4. The Kier molecular flexibility index (Phi) is 25.0. The molecule has 0 aliphatic rings. The van der Waals surface area contributed by atoms with Gasteiger partial charge in [-0.15, -0.1) is 0 Å². The summed E-state index contributed by atoms with van der Waals surface area (Å²) < 4.78 is 20.2. The van der Waals surface area contributed by atoms with E-state index < -0.39 is 0 Å². The number of hydrogen-bond donors (Lipinski definition) is 5. The predicted molar refractivity (Wildman–Crippen MR) is 92.5 cm³/mol. The minimum absolute atomic E-state index is 0.00269. The van der Waals surface area contributed by atoms with E-state index in [0.29, 0.717) is 19.8 Å². The van der Waals surface area contributed by atoms with E-state index in [1.165, 1.54) is 0 Å². The first-order chi connectivity index (χ1) is 12.7. The number of ether oxygens (including phenoxy) is 4. The summed E-state index contributed by atoms with van der Waals surface area (Å²) in [5.41, 5.74) is 13.4. The summed E-state index contributed by atoms with van der Waals surface area (Å²) in [4.78, 5) is 2.59. The molecule has 12 heteroatoms. The van der Waals surface area contributed by atoms with Gasteiger partial charge in [-0.25, -0.2) is 0 Å². The third kappa shape index (κ3) is 21.0. The van der Waals surface area contributed by atoms with Crippen LogP contribution in [0.3, 0.4) is 0 Å². The molecule has 2 atom stereocenters. The van der Waals surface area contributed by atoms with Crippen molar-refractivity contribution in [3.05, 3.63) is 10.4 Å². The van der Waals surface area contributed by atoms with Crippen LogP contribution in [0.5, 0.6) is 0 Å². The van der Waals surface area contributed by atoms with Crippen LogP contribution in [0.15, 0.2) is 5.11 Å². The van der Waals surface area contributed by atoms with Gasteiger partial charge in [0.25, 0.3) is 0 Å². The van der Waals surface area contributed by atoms with Crippen molar-refractivity contribution in [3.63, 3.8) is 0 Å². The van der Waals surface area contributed by atoms with Gasteiger partial charge in [0.05, 0.1) is 84.8 Å². The third-order valence-electron chi connectivity index (χ3n) is 2.58. The minimum Gasteiger partial charge on any atom is -0.394 e. The summed E-state index contributed by atoms with van der Waals surface area (Å²) in [6.45, 7) is 1.88. The fraction of sp³-hybridized carbons (Fsp3) is 1.00. The van der Waals surface area contributed by atoms with Crippen LogP contribution in [0.1, 0.15) is 0 Å². The second-order valence-corrected chi connectivity index (χ2v) is 4.68. The van der Waals surface area contributed by atoms with Crippen LogP contribution in [0.4, 0.5) is 0 Å². The van der Waals surface area contributed by atoms with E-state index in [1.807, 2.05) is 0 Å². The smallest absolute Gasteiger partial charge is 0.0931 e. The first-order valence-corrected chi connectivity index (χ1v) is 8.23. The normalized spacial score (nSPS) is 12.7. The highest BCUT2D eigenvalue weighted by Crippen LogP contribution is 1.95. The standard InChI is InChI=1S/C7H15N3O4.C7H17NO4/c8-10-9-5-7(14-4-2-12)6-13-3-1-11;8-5-7(12-4-2-10)6-11-3-1-9/h7,11-12H,1-6H2;7,9-10H,1-6,8H2. The third-order valence-corrected chi connectivity index (χ3v) is 2.58. The molecule has 0 radical (unpaired) electrons. The van der Waals surface area contributed by atoms with Crippen LogP contribution in [0.25, 0.3) is 10.4 Å². The van der Waals surface area contributed by atoms with Crippen molar-refractivity contribution >= 4 is 0 Å². The molecule has 0 rings (SSSR count). The molecule has 2 unspecified atom stereocenters. The summed E-state index contributed by atoms with van der Waals surface area (Å²) in [6.07, 6.45) is -0.562. The molecule has 0 bridgehead atoms. The zero-order chi connectivity index (χ0) is 19.9. The molecule has 156 valence electrons. The Morgan fingerprint density at radius 3 is 1.69 bits per heavy atom. The van der Waals surface area contributed by atoms with Gasteiger partial charge in [-0.05, 0) is 5.53 Å². The summed E-state index contributed by atoms with van der Waals surface area (Å²) in [5, 5.41) is 37.1. The van der Waals surface area contributed by atoms with Crippen molar-refractivity contribution in [2.75, 3.05) is 79.2 Å². The molecule has 0 spiro atoms. The number of rotatable bonds is 17. The summed E-state index contributed by atoms with van der Waals surface area (Å²) in [5.74, 6) is 0. The molecule has 26 heavy (non-hydrogen) atoms. The quantitative estimate of drug-likeness (QED) is 0.0817. The topological polar surface area (TPSA) is 193 Å². The van der Waals surface area contributed by atoms with Gasteiger partial charge < -0.3 is 45.1 Å². The van der Waals surface area contributed by atoms with Crippen LogP contribution in [0, 0.1) is 0 Å². The van der Waals surface area contributed by atoms with Crippen molar-refractivity contribution < 1.29 is 39.4 Å². The maximum atomic E-state index is 8.50. The van der Waals surface area contributed by atoms with Crippen molar-refractivity contribution in [1.29, 1.82) is 0 Å². The molecule has 0 aliphatic carbocycles. The molecule has 0 aromatic carbocycles. The van der Waals surface area contributed by atoms with Crippen LogP contribution >= 0.6 is 0 Å². The van der Waals surface area contributed by atoms with Crippen LogP contribution in [-0.4, -0.2) is 112 Å². The van der Waals surface area contributed by atoms with Gasteiger partial charge in [0.15, 0.2) is 0 Å². The van der Waals surface area contributed by atoms with Gasteiger partial charge in [-0.2, -0.15) is 0 Å². The first-order valence-electron chi connectivity index (χ1n) is 8.23. The van der Waals surface area contributed by atoms with Crippen molar-refractivity contribution in [3.8, 4) is 0 Å². The number of azide groups is 1. The van der Waals surface area contributed by atoms with Gasteiger partial charge in [0.2, 0.25) is 0 Å². The molecule has 6 N–H and O–H groups in total. The van der Waals surface area contributed by atoms with E-state index in [4.69, 9.17) is 50.6 Å². The Hall–Kier alpha value is -1.05. The number of aliphatic hydroxyl groups is 4. The molecular formula is C14H32N4O8. The molecule has 0 heterocycles. The van der Waals surface area contributed by atoms with Crippen molar-refractivity contribution in [2.45, 2.75) is 12.2 Å². The molecule has 0 saturated carbocycles. The highest BCUT2D eigenvalue weighted by molar-refractivity contribution is 4.61. The van der Waals surface area contributed by atoms with Gasteiger partial charge in [0.1, 0.15) is 0 Å². The van der Waals surface area contributed by atoms with E-state index in [-0.39, 0.29) is 71.6 Å². The number of hydrogen-bond acceptors (Lipinski definition) is 10. The lowest BCUT2D eigenvalue weighted by atomic mass is 10.4. The predicted octanol–water partition coefficient (Wildman–Crippen LogP) is -1.99. The van der Waals surface area contributed by atoms with E-state index in [0.717, 1.165) is 0 Å². The van der Waals surface area contributed by atoms with Crippen LogP contribution in [-0.2, 0) is 18.9 Å². The maximum Gasteiger partial charge on any atom is 0.0931 e. The summed E-state index contributed by atoms with van der Waals surface area (Å²) in [6, 6.07) is 0. The zero-order valence-corrected chi connectivity index (χ0v) is 15.0. The van der Waals surface area contributed by atoms with Gasteiger partial charge >= 0.3 is 0 Å². The van der Waals surface area contributed by atoms with Gasteiger partial charge in [0, 0.05) is 11.5 Å². The van der Waals surface area contributed by atoms with E-state index in [1.54, 1.807) is 0 Å². The molecule has 0 aromatic rings. The Bertz CT molecular complexity index is 321. The Morgan fingerprint density at radius 2 is 1.27 bits per heavy atom. The van der Waals surface area contributed by atoms with E-state index >= 15 is 0 Å². The van der Waals surface area contributed by atoms with E-state index in [9.17, 15) is 0 Å². The number of nitrogens with two attached hydrogens (primary N) is 1. The molecule has 12 nitrogen and oxygen atoms in total. The largest absolute Gasteiger partial charge is 0.394 e. The van der Waals surface area contributed by atoms with Gasteiger partial charge in [-0.1, -0.05) is 5.11 Å². The maximum absolute atomic E-state index is 8.50. The molecule has 0 aromatic heterocycles. The molecule has 0 fully saturated rings. The fourth-order valence-electron chi connectivity index (χ4n) is 1.46.